The molecule has 0 saturated heterocycles. The molecule has 1 aromatic heterocycles. The van der Waals surface area contributed by atoms with Crippen molar-refractivity contribution in [2.45, 2.75) is 5.16 Å². The minimum absolute atomic E-state index is 0.175. The van der Waals surface area contributed by atoms with Crippen molar-refractivity contribution in [1.82, 2.24) is 9.97 Å². The first-order chi connectivity index (χ1) is 9.47. The average molecular weight is 297 g/mol. The van der Waals surface area contributed by atoms with Crippen molar-refractivity contribution in [3.05, 3.63) is 45.5 Å². The third-order valence-electron chi connectivity index (χ3n) is 2.46. The van der Waals surface area contributed by atoms with E-state index in [-0.39, 0.29) is 16.4 Å². The maximum absolute atomic E-state index is 13.2. The molecular formula is C12H6F3N3OS. The van der Waals surface area contributed by atoms with E-state index in [2.05, 4.69) is 9.97 Å². The summed E-state index contributed by atoms with van der Waals surface area (Å²) >= 11 is 1.08. The number of benzene rings is 1. The predicted octanol–water partition coefficient (Wildman–Crippen LogP) is 2.45. The Morgan fingerprint density at radius 2 is 1.90 bits per heavy atom. The van der Waals surface area contributed by atoms with Gasteiger partial charge in [-0.1, -0.05) is 11.8 Å². The van der Waals surface area contributed by atoms with Gasteiger partial charge in [0.2, 0.25) is 0 Å². The Kier molecular flexibility index (Phi) is 3.81. The van der Waals surface area contributed by atoms with Gasteiger partial charge in [0.05, 0.1) is 5.69 Å². The SMILES string of the molecule is CSc1nc(-c2cc(F)c(F)c(F)c2)c(C#N)c(=O)[nH]1. The molecule has 8 heteroatoms. The van der Waals surface area contributed by atoms with E-state index >= 15 is 0 Å². The van der Waals surface area contributed by atoms with E-state index in [1.165, 1.54) is 0 Å². The quantitative estimate of drug-likeness (QED) is 0.525. The number of aromatic nitrogens is 2. The van der Waals surface area contributed by atoms with E-state index in [9.17, 15) is 18.0 Å². The van der Waals surface area contributed by atoms with Crippen LogP contribution in [0.2, 0.25) is 0 Å². The summed E-state index contributed by atoms with van der Waals surface area (Å²) in [5.74, 6) is -4.46. The molecule has 0 fully saturated rings. The molecule has 1 aromatic carbocycles. The number of hydrogen-bond donors (Lipinski definition) is 1. The van der Waals surface area contributed by atoms with Crippen molar-refractivity contribution in [3.63, 3.8) is 0 Å². The van der Waals surface area contributed by atoms with Gasteiger partial charge in [-0.2, -0.15) is 5.26 Å². The lowest BCUT2D eigenvalue weighted by Gasteiger charge is -2.06. The fraction of sp³-hybridized carbons (Fsp3) is 0.0833. The number of nitriles is 1. The molecule has 0 unspecified atom stereocenters. The number of thioether (sulfide) groups is 1. The highest BCUT2D eigenvalue weighted by Gasteiger charge is 2.17. The van der Waals surface area contributed by atoms with E-state index in [4.69, 9.17) is 5.26 Å². The highest BCUT2D eigenvalue weighted by molar-refractivity contribution is 7.98. The third kappa shape index (κ3) is 2.40. The van der Waals surface area contributed by atoms with Gasteiger partial charge >= 0.3 is 0 Å². The highest BCUT2D eigenvalue weighted by atomic mass is 32.2. The van der Waals surface area contributed by atoms with Gasteiger partial charge in [0, 0.05) is 5.56 Å². The number of nitrogens with zero attached hydrogens (tertiary/aromatic N) is 2. The van der Waals surface area contributed by atoms with Gasteiger partial charge in [-0.25, -0.2) is 18.2 Å². The molecule has 20 heavy (non-hydrogen) atoms. The molecule has 0 aliphatic carbocycles. The van der Waals surface area contributed by atoms with Crippen LogP contribution in [0.1, 0.15) is 5.56 Å². The highest BCUT2D eigenvalue weighted by Crippen LogP contribution is 2.24. The Bertz CT molecular complexity index is 759. The van der Waals surface area contributed by atoms with E-state index in [1.54, 1.807) is 12.3 Å². The zero-order chi connectivity index (χ0) is 14.9. The molecule has 2 aromatic rings. The van der Waals surface area contributed by atoms with E-state index in [1.807, 2.05) is 0 Å². The molecule has 1 N–H and O–H groups in total. The van der Waals surface area contributed by atoms with Gasteiger partial charge in [-0.3, -0.25) is 4.79 Å². The molecule has 0 aliphatic rings. The van der Waals surface area contributed by atoms with Crippen LogP contribution < -0.4 is 5.56 Å². The van der Waals surface area contributed by atoms with E-state index < -0.39 is 28.6 Å². The van der Waals surface area contributed by atoms with Crippen LogP contribution in [-0.4, -0.2) is 16.2 Å². The summed E-state index contributed by atoms with van der Waals surface area (Å²) in [4.78, 5) is 17.9. The fourth-order valence-electron chi connectivity index (χ4n) is 1.55. The Labute approximate surface area is 115 Å². The van der Waals surface area contributed by atoms with Crippen LogP contribution in [0.5, 0.6) is 0 Å². The summed E-state index contributed by atoms with van der Waals surface area (Å²) < 4.78 is 39.4. The van der Waals surface area contributed by atoms with Crippen LogP contribution in [0.4, 0.5) is 13.2 Å². The topological polar surface area (TPSA) is 69.5 Å². The zero-order valence-corrected chi connectivity index (χ0v) is 10.8. The molecule has 1 heterocycles. The second-order valence-corrected chi connectivity index (χ2v) is 4.46. The summed E-state index contributed by atoms with van der Waals surface area (Å²) in [5, 5.41) is 9.11. The predicted molar refractivity (Wildman–Crippen MR) is 66.7 cm³/mol. The molecule has 0 atom stereocenters. The molecule has 0 radical (unpaired) electrons. The summed E-state index contributed by atoms with van der Waals surface area (Å²) in [6.07, 6.45) is 1.62. The normalized spacial score (nSPS) is 10.3. The van der Waals surface area contributed by atoms with Crippen LogP contribution in [-0.2, 0) is 0 Å². The van der Waals surface area contributed by atoms with Crippen LogP contribution in [0.15, 0.2) is 22.1 Å². The molecule has 0 bridgehead atoms. The molecule has 0 spiro atoms. The first-order valence-corrected chi connectivity index (χ1v) is 6.43. The first kappa shape index (κ1) is 14.1. The van der Waals surface area contributed by atoms with Crippen molar-refractivity contribution in [1.29, 1.82) is 5.26 Å². The Balaban J connectivity index is 2.78. The van der Waals surface area contributed by atoms with Crippen LogP contribution >= 0.6 is 11.8 Å². The van der Waals surface area contributed by atoms with Crippen molar-refractivity contribution >= 4 is 11.8 Å². The lowest BCUT2D eigenvalue weighted by atomic mass is 10.1. The number of nitrogens with one attached hydrogen (secondary N) is 1. The number of halogens is 3. The van der Waals surface area contributed by atoms with E-state index in [0.29, 0.717) is 12.1 Å². The smallest absolute Gasteiger partial charge is 0.270 e. The van der Waals surface area contributed by atoms with Crippen molar-refractivity contribution < 1.29 is 13.2 Å². The van der Waals surface area contributed by atoms with Gasteiger partial charge < -0.3 is 4.98 Å². The van der Waals surface area contributed by atoms with Gasteiger partial charge in [0.1, 0.15) is 11.6 Å². The second kappa shape index (κ2) is 5.38. The van der Waals surface area contributed by atoms with E-state index in [0.717, 1.165) is 11.8 Å². The van der Waals surface area contributed by atoms with Crippen LogP contribution in [0.3, 0.4) is 0 Å². The maximum Gasteiger partial charge on any atom is 0.270 e. The molecule has 0 aliphatic heterocycles. The molecule has 2 rings (SSSR count). The van der Waals surface area contributed by atoms with Gasteiger partial charge in [-0.05, 0) is 18.4 Å². The van der Waals surface area contributed by atoms with Crippen molar-refractivity contribution in [2.24, 2.45) is 0 Å². The molecule has 0 saturated carbocycles. The lowest BCUT2D eigenvalue weighted by Crippen LogP contribution is -2.14. The lowest BCUT2D eigenvalue weighted by molar-refractivity contribution is 0.447. The molecule has 102 valence electrons. The number of H-pyrrole nitrogens is 1. The Morgan fingerprint density at radius 1 is 1.30 bits per heavy atom. The Hall–Kier alpha value is -2.27. The summed E-state index contributed by atoms with van der Waals surface area (Å²) in [7, 11) is 0. The Morgan fingerprint density at radius 3 is 2.40 bits per heavy atom. The van der Waals surface area contributed by atoms with Gasteiger partial charge in [0.15, 0.2) is 22.6 Å². The molecule has 0 amide bonds. The van der Waals surface area contributed by atoms with Gasteiger partial charge in [-0.15, -0.1) is 0 Å². The molecular weight excluding hydrogens is 291 g/mol. The summed E-state index contributed by atoms with van der Waals surface area (Å²) in [6, 6.07) is 2.98. The number of rotatable bonds is 2. The van der Waals surface area contributed by atoms with Crippen LogP contribution in [0, 0.1) is 28.8 Å². The summed E-state index contributed by atoms with van der Waals surface area (Å²) in [6.45, 7) is 0. The maximum atomic E-state index is 13.2. The van der Waals surface area contributed by atoms with Crippen molar-refractivity contribution in [3.8, 4) is 17.3 Å². The third-order valence-corrected chi connectivity index (χ3v) is 3.04. The standard InChI is InChI=1S/C12H6F3N3OS/c1-20-12-17-10(6(4-16)11(19)18-12)5-2-7(13)9(15)8(14)3-5/h2-3H,1H3,(H,17,18,19). The minimum atomic E-state index is -1.62. The second-order valence-electron chi connectivity index (χ2n) is 3.66. The minimum Gasteiger partial charge on any atom is -0.300 e. The van der Waals surface area contributed by atoms with Gasteiger partial charge in [0.25, 0.3) is 5.56 Å². The zero-order valence-electron chi connectivity index (χ0n) is 10.00. The monoisotopic (exact) mass is 297 g/mol. The number of aromatic amines is 1. The first-order valence-electron chi connectivity index (χ1n) is 5.21. The largest absolute Gasteiger partial charge is 0.300 e. The summed E-state index contributed by atoms with van der Waals surface area (Å²) in [5.41, 5.74) is -1.50. The fourth-order valence-corrected chi connectivity index (χ4v) is 1.93. The number of hydrogen-bond acceptors (Lipinski definition) is 4. The van der Waals surface area contributed by atoms with Crippen LogP contribution in [0.25, 0.3) is 11.3 Å². The molecule has 4 nitrogen and oxygen atoms in total. The average Bonchev–Trinajstić information content (AvgIpc) is 2.43. The van der Waals surface area contributed by atoms with Crippen molar-refractivity contribution in [2.75, 3.05) is 6.26 Å².